The SMILES string of the molecule is CCOc1ccc(C2CCCN2C[C@@H](C)O)cc1. The lowest BCUT2D eigenvalue weighted by Crippen LogP contribution is -2.30. The Bertz CT molecular complexity index is 361. The van der Waals surface area contributed by atoms with E-state index in [0.717, 1.165) is 18.8 Å². The van der Waals surface area contributed by atoms with Crippen molar-refractivity contribution >= 4 is 0 Å². The van der Waals surface area contributed by atoms with E-state index in [0.29, 0.717) is 12.6 Å². The van der Waals surface area contributed by atoms with E-state index < -0.39 is 0 Å². The molecule has 0 radical (unpaired) electrons. The van der Waals surface area contributed by atoms with Crippen LogP contribution in [0.4, 0.5) is 0 Å². The van der Waals surface area contributed by atoms with Crippen LogP contribution in [-0.4, -0.2) is 35.8 Å². The molecular weight excluding hydrogens is 226 g/mol. The molecule has 1 saturated heterocycles. The average molecular weight is 249 g/mol. The molecule has 0 spiro atoms. The molecule has 1 heterocycles. The third-order valence-electron chi connectivity index (χ3n) is 3.44. The summed E-state index contributed by atoms with van der Waals surface area (Å²) in [6, 6.07) is 8.83. The van der Waals surface area contributed by atoms with Gasteiger partial charge in [-0.25, -0.2) is 0 Å². The number of likely N-dealkylation sites (tertiary alicyclic amines) is 1. The molecule has 0 aromatic heterocycles. The fraction of sp³-hybridized carbons (Fsp3) is 0.600. The fourth-order valence-corrected chi connectivity index (χ4v) is 2.71. The Morgan fingerprint density at radius 1 is 1.39 bits per heavy atom. The monoisotopic (exact) mass is 249 g/mol. The molecule has 100 valence electrons. The van der Waals surface area contributed by atoms with Crippen LogP contribution in [0.15, 0.2) is 24.3 Å². The lowest BCUT2D eigenvalue weighted by atomic mass is 10.0. The number of aliphatic hydroxyl groups excluding tert-OH is 1. The first kappa shape index (κ1) is 13.4. The lowest BCUT2D eigenvalue weighted by Gasteiger charge is -2.26. The quantitative estimate of drug-likeness (QED) is 0.870. The van der Waals surface area contributed by atoms with Gasteiger partial charge in [-0.1, -0.05) is 12.1 Å². The van der Waals surface area contributed by atoms with Crippen molar-refractivity contribution in [2.24, 2.45) is 0 Å². The molecule has 0 amide bonds. The minimum absolute atomic E-state index is 0.256. The molecule has 3 heteroatoms. The van der Waals surface area contributed by atoms with Crippen LogP contribution in [0.25, 0.3) is 0 Å². The number of aliphatic hydroxyl groups is 1. The average Bonchev–Trinajstić information content (AvgIpc) is 2.78. The van der Waals surface area contributed by atoms with Gasteiger partial charge >= 0.3 is 0 Å². The maximum Gasteiger partial charge on any atom is 0.119 e. The standard InChI is InChI=1S/C15H23NO2/c1-3-18-14-8-6-13(7-9-14)15-5-4-10-16(15)11-12(2)17/h6-9,12,15,17H,3-5,10-11H2,1-2H3/t12-,15?/m1/s1. The van der Waals surface area contributed by atoms with E-state index in [4.69, 9.17) is 4.74 Å². The molecule has 1 aromatic rings. The summed E-state index contributed by atoms with van der Waals surface area (Å²) in [5, 5.41) is 9.53. The van der Waals surface area contributed by atoms with Gasteiger partial charge in [0.15, 0.2) is 0 Å². The molecule has 2 rings (SSSR count). The number of ether oxygens (including phenoxy) is 1. The first-order valence-corrected chi connectivity index (χ1v) is 6.85. The van der Waals surface area contributed by atoms with Crippen molar-refractivity contribution in [3.05, 3.63) is 29.8 Å². The largest absolute Gasteiger partial charge is 0.494 e. The van der Waals surface area contributed by atoms with Crippen molar-refractivity contribution in [1.29, 1.82) is 0 Å². The Labute approximate surface area is 109 Å². The van der Waals surface area contributed by atoms with Crippen LogP contribution in [0.5, 0.6) is 5.75 Å². The molecular formula is C15H23NO2. The van der Waals surface area contributed by atoms with Crippen LogP contribution in [0, 0.1) is 0 Å². The van der Waals surface area contributed by atoms with E-state index in [9.17, 15) is 5.11 Å². The van der Waals surface area contributed by atoms with Crippen molar-refractivity contribution in [3.63, 3.8) is 0 Å². The molecule has 1 N–H and O–H groups in total. The number of β-amino-alcohol motifs (C(OH)–C–C–N with tert-alkyl or cyclic N) is 1. The zero-order valence-corrected chi connectivity index (χ0v) is 11.3. The van der Waals surface area contributed by atoms with Gasteiger partial charge in [-0.15, -0.1) is 0 Å². The van der Waals surface area contributed by atoms with Gasteiger partial charge in [0.2, 0.25) is 0 Å². The Hall–Kier alpha value is -1.06. The molecule has 0 aliphatic carbocycles. The Morgan fingerprint density at radius 3 is 2.72 bits per heavy atom. The van der Waals surface area contributed by atoms with Gasteiger partial charge < -0.3 is 9.84 Å². The topological polar surface area (TPSA) is 32.7 Å². The number of hydrogen-bond acceptors (Lipinski definition) is 3. The maximum atomic E-state index is 9.53. The van der Waals surface area contributed by atoms with Crippen LogP contribution in [0.3, 0.4) is 0 Å². The fourth-order valence-electron chi connectivity index (χ4n) is 2.71. The van der Waals surface area contributed by atoms with Gasteiger partial charge in [0.25, 0.3) is 0 Å². The Kier molecular flexibility index (Phi) is 4.61. The van der Waals surface area contributed by atoms with E-state index in [1.807, 2.05) is 26.0 Å². The molecule has 0 saturated carbocycles. The highest BCUT2D eigenvalue weighted by Gasteiger charge is 2.26. The molecule has 2 atom stereocenters. The minimum atomic E-state index is -0.256. The van der Waals surface area contributed by atoms with Crippen molar-refractivity contribution < 1.29 is 9.84 Å². The second kappa shape index (κ2) is 6.21. The number of benzene rings is 1. The number of rotatable bonds is 5. The molecule has 0 bridgehead atoms. The third kappa shape index (κ3) is 3.24. The second-order valence-electron chi connectivity index (χ2n) is 5.00. The predicted octanol–water partition coefficient (Wildman–Crippen LogP) is 2.60. The van der Waals surface area contributed by atoms with Gasteiger partial charge in [0.05, 0.1) is 12.7 Å². The summed E-state index contributed by atoms with van der Waals surface area (Å²) in [7, 11) is 0. The van der Waals surface area contributed by atoms with Crippen LogP contribution in [0.2, 0.25) is 0 Å². The number of nitrogens with zero attached hydrogens (tertiary/aromatic N) is 1. The summed E-state index contributed by atoms with van der Waals surface area (Å²) < 4.78 is 5.46. The highest BCUT2D eigenvalue weighted by Crippen LogP contribution is 2.32. The molecule has 18 heavy (non-hydrogen) atoms. The van der Waals surface area contributed by atoms with Gasteiger partial charge in [-0.3, -0.25) is 4.90 Å². The van der Waals surface area contributed by atoms with Crippen LogP contribution >= 0.6 is 0 Å². The molecule has 3 nitrogen and oxygen atoms in total. The highest BCUT2D eigenvalue weighted by atomic mass is 16.5. The summed E-state index contributed by atoms with van der Waals surface area (Å²) in [5.41, 5.74) is 1.33. The molecule has 1 aliphatic rings. The molecule has 1 unspecified atom stereocenters. The molecule has 1 aliphatic heterocycles. The van der Waals surface area contributed by atoms with E-state index in [1.165, 1.54) is 18.4 Å². The second-order valence-corrected chi connectivity index (χ2v) is 5.00. The first-order chi connectivity index (χ1) is 8.70. The minimum Gasteiger partial charge on any atom is -0.494 e. The summed E-state index contributed by atoms with van der Waals surface area (Å²) >= 11 is 0. The summed E-state index contributed by atoms with van der Waals surface area (Å²) in [6.07, 6.45) is 2.14. The highest BCUT2D eigenvalue weighted by molar-refractivity contribution is 5.29. The van der Waals surface area contributed by atoms with Crippen LogP contribution < -0.4 is 4.74 Å². The van der Waals surface area contributed by atoms with Gasteiger partial charge in [-0.2, -0.15) is 0 Å². The van der Waals surface area contributed by atoms with Gasteiger partial charge in [0, 0.05) is 12.6 Å². The predicted molar refractivity (Wildman–Crippen MR) is 72.8 cm³/mol. The van der Waals surface area contributed by atoms with E-state index in [-0.39, 0.29) is 6.10 Å². The number of hydrogen-bond donors (Lipinski definition) is 1. The Balaban J connectivity index is 2.05. The van der Waals surface area contributed by atoms with Crippen molar-refractivity contribution in [3.8, 4) is 5.75 Å². The molecule has 1 fully saturated rings. The van der Waals surface area contributed by atoms with E-state index in [1.54, 1.807) is 0 Å². The van der Waals surface area contributed by atoms with Crippen molar-refractivity contribution in [2.75, 3.05) is 19.7 Å². The van der Waals surface area contributed by atoms with E-state index >= 15 is 0 Å². The third-order valence-corrected chi connectivity index (χ3v) is 3.44. The van der Waals surface area contributed by atoms with Gasteiger partial charge in [0.1, 0.15) is 5.75 Å². The van der Waals surface area contributed by atoms with Crippen molar-refractivity contribution in [1.82, 2.24) is 4.90 Å². The first-order valence-electron chi connectivity index (χ1n) is 6.85. The smallest absolute Gasteiger partial charge is 0.119 e. The summed E-state index contributed by atoms with van der Waals surface area (Å²) in [5.74, 6) is 0.932. The normalized spacial score (nSPS) is 22.1. The Morgan fingerprint density at radius 2 is 2.11 bits per heavy atom. The van der Waals surface area contributed by atoms with Crippen LogP contribution in [0.1, 0.15) is 38.3 Å². The zero-order chi connectivity index (χ0) is 13.0. The molecule has 1 aromatic carbocycles. The maximum absolute atomic E-state index is 9.53. The summed E-state index contributed by atoms with van der Waals surface area (Å²) in [6.45, 7) is 6.40. The van der Waals surface area contributed by atoms with Gasteiger partial charge in [-0.05, 0) is 50.9 Å². The zero-order valence-electron chi connectivity index (χ0n) is 11.3. The van der Waals surface area contributed by atoms with E-state index in [2.05, 4.69) is 17.0 Å². The summed E-state index contributed by atoms with van der Waals surface area (Å²) in [4.78, 5) is 2.38. The lowest BCUT2D eigenvalue weighted by molar-refractivity contribution is 0.119. The van der Waals surface area contributed by atoms with Crippen LogP contribution in [-0.2, 0) is 0 Å². The van der Waals surface area contributed by atoms with Crippen molar-refractivity contribution in [2.45, 2.75) is 38.8 Å².